The Morgan fingerprint density at radius 2 is 1.92 bits per heavy atom. The van der Waals surface area contributed by atoms with Crippen molar-refractivity contribution < 1.29 is 23.1 Å². The summed E-state index contributed by atoms with van der Waals surface area (Å²) in [7, 11) is 1.16. The monoisotopic (exact) mass is 384 g/mol. The van der Waals surface area contributed by atoms with Crippen molar-refractivity contribution >= 4 is 15.9 Å². The third-order valence-electron chi connectivity index (χ3n) is 4.76. The molecule has 2 atom stereocenters. The number of hydrogen-bond donors (Lipinski definition) is 1. The molecule has 1 saturated heterocycles. The molecule has 1 aliphatic rings. The van der Waals surface area contributed by atoms with Gasteiger partial charge in [0.25, 0.3) is 0 Å². The van der Waals surface area contributed by atoms with Gasteiger partial charge in [-0.1, -0.05) is 12.1 Å². The standard InChI is InChI=1S/C18H28N2O5S/c1-19(2)26(23,24)13-15-11-20(12-17(15)21)18(22)6-4-5-14-7-9-16(25-3)10-8-14/h7-10,15,17,21H,4-6,11-13H2,1-3H3/t15-,17+/m0/s1. The van der Waals surface area contributed by atoms with Gasteiger partial charge in [0, 0.05) is 39.5 Å². The van der Waals surface area contributed by atoms with Crippen LogP contribution in [0.4, 0.5) is 0 Å². The molecule has 0 aromatic heterocycles. The molecule has 26 heavy (non-hydrogen) atoms. The topological polar surface area (TPSA) is 87.2 Å². The van der Waals surface area contributed by atoms with Crippen molar-refractivity contribution in [2.24, 2.45) is 5.92 Å². The minimum absolute atomic E-state index is 0.0395. The van der Waals surface area contributed by atoms with E-state index < -0.39 is 22.0 Å². The molecule has 1 aromatic rings. The Kier molecular flexibility index (Phi) is 7.02. The van der Waals surface area contributed by atoms with E-state index in [4.69, 9.17) is 4.74 Å². The molecular formula is C18H28N2O5S. The number of nitrogens with zero attached hydrogens (tertiary/aromatic N) is 2. The Bertz CT molecular complexity index is 703. The maximum absolute atomic E-state index is 12.4. The minimum atomic E-state index is -3.40. The number of likely N-dealkylation sites (tertiary alicyclic amines) is 1. The lowest BCUT2D eigenvalue weighted by Crippen LogP contribution is -2.33. The summed E-state index contributed by atoms with van der Waals surface area (Å²) in [5, 5.41) is 10.1. The molecule has 1 aromatic carbocycles. The number of rotatable bonds is 8. The third-order valence-corrected chi connectivity index (χ3v) is 6.72. The molecule has 1 aliphatic heterocycles. The summed E-state index contributed by atoms with van der Waals surface area (Å²) in [6.07, 6.45) is 1.07. The fourth-order valence-corrected chi connectivity index (χ4v) is 4.20. The van der Waals surface area contributed by atoms with Crippen LogP contribution in [0.3, 0.4) is 0 Å². The number of β-amino-alcohol motifs (C(OH)–C–C–N with tert-alkyl or cyclic N) is 1. The molecule has 0 bridgehead atoms. The third kappa shape index (κ3) is 5.43. The number of methoxy groups -OCH3 is 1. The molecular weight excluding hydrogens is 356 g/mol. The van der Waals surface area contributed by atoms with Gasteiger partial charge in [-0.2, -0.15) is 0 Å². The van der Waals surface area contributed by atoms with Crippen molar-refractivity contribution in [3.8, 4) is 5.75 Å². The summed E-state index contributed by atoms with van der Waals surface area (Å²) >= 11 is 0. The molecule has 7 nitrogen and oxygen atoms in total. The van der Waals surface area contributed by atoms with E-state index in [1.165, 1.54) is 14.1 Å². The highest BCUT2D eigenvalue weighted by molar-refractivity contribution is 7.89. The van der Waals surface area contributed by atoms with Gasteiger partial charge in [0.1, 0.15) is 5.75 Å². The van der Waals surface area contributed by atoms with Crippen LogP contribution in [-0.4, -0.2) is 74.8 Å². The average Bonchev–Trinajstić information content (AvgIpc) is 2.95. The molecule has 1 amide bonds. The number of carbonyl (C=O) groups excluding carboxylic acids is 1. The van der Waals surface area contributed by atoms with Crippen LogP contribution in [0.15, 0.2) is 24.3 Å². The lowest BCUT2D eigenvalue weighted by atomic mass is 10.1. The van der Waals surface area contributed by atoms with Crippen molar-refractivity contribution in [3.63, 3.8) is 0 Å². The molecule has 8 heteroatoms. The number of hydrogen-bond acceptors (Lipinski definition) is 5. The number of carbonyl (C=O) groups is 1. The van der Waals surface area contributed by atoms with Crippen LogP contribution in [0.5, 0.6) is 5.75 Å². The van der Waals surface area contributed by atoms with Crippen molar-refractivity contribution in [2.75, 3.05) is 40.0 Å². The maximum atomic E-state index is 12.4. The first-order valence-electron chi connectivity index (χ1n) is 8.72. The van der Waals surface area contributed by atoms with Gasteiger partial charge in [-0.15, -0.1) is 0 Å². The highest BCUT2D eigenvalue weighted by Crippen LogP contribution is 2.21. The van der Waals surface area contributed by atoms with E-state index in [0.717, 1.165) is 22.0 Å². The van der Waals surface area contributed by atoms with Crippen LogP contribution < -0.4 is 4.74 Å². The lowest BCUT2D eigenvalue weighted by Gasteiger charge is -2.18. The molecule has 1 N–H and O–H groups in total. The predicted molar refractivity (Wildman–Crippen MR) is 99.5 cm³/mol. The van der Waals surface area contributed by atoms with Gasteiger partial charge in [0.15, 0.2) is 0 Å². The summed E-state index contributed by atoms with van der Waals surface area (Å²) in [5.41, 5.74) is 1.13. The van der Waals surface area contributed by atoms with Crippen LogP contribution in [0.25, 0.3) is 0 Å². The fraction of sp³-hybridized carbons (Fsp3) is 0.611. The molecule has 0 spiro atoms. The van der Waals surface area contributed by atoms with E-state index in [1.807, 2.05) is 24.3 Å². The lowest BCUT2D eigenvalue weighted by molar-refractivity contribution is -0.130. The Morgan fingerprint density at radius 1 is 1.27 bits per heavy atom. The second-order valence-corrected chi connectivity index (χ2v) is 9.12. The zero-order chi connectivity index (χ0) is 19.3. The number of aryl methyl sites for hydroxylation is 1. The van der Waals surface area contributed by atoms with Crippen molar-refractivity contribution in [2.45, 2.75) is 25.4 Å². The van der Waals surface area contributed by atoms with E-state index in [9.17, 15) is 18.3 Å². The van der Waals surface area contributed by atoms with Crippen LogP contribution in [-0.2, 0) is 21.2 Å². The first-order chi connectivity index (χ1) is 12.2. The van der Waals surface area contributed by atoms with Crippen molar-refractivity contribution in [1.82, 2.24) is 9.21 Å². The SMILES string of the molecule is COc1ccc(CCCC(=O)N2C[C@@H](CS(=O)(=O)N(C)C)[C@H](O)C2)cc1. The summed E-state index contributed by atoms with van der Waals surface area (Å²) < 4.78 is 30.2. The van der Waals surface area contributed by atoms with Crippen LogP contribution >= 0.6 is 0 Å². The fourth-order valence-electron chi connectivity index (χ4n) is 3.04. The van der Waals surface area contributed by atoms with E-state index in [1.54, 1.807) is 12.0 Å². The number of ether oxygens (including phenoxy) is 1. The average molecular weight is 384 g/mol. The highest BCUT2D eigenvalue weighted by atomic mass is 32.2. The van der Waals surface area contributed by atoms with Gasteiger partial charge >= 0.3 is 0 Å². The smallest absolute Gasteiger partial charge is 0.222 e. The van der Waals surface area contributed by atoms with Crippen LogP contribution in [0.2, 0.25) is 0 Å². The van der Waals surface area contributed by atoms with Crippen LogP contribution in [0, 0.1) is 5.92 Å². The van der Waals surface area contributed by atoms with Gasteiger partial charge < -0.3 is 14.7 Å². The van der Waals surface area contributed by atoms with Gasteiger partial charge in [0.2, 0.25) is 15.9 Å². The molecule has 146 valence electrons. The zero-order valence-electron chi connectivity index (χ0n) is 15.6. The van der Waals surface area contributed by atoms with E-state index in [2.05, 4.69) is 0 Å². The largest absolute Gasteiger partial charge is 0.497 e. The summed E-state index contributed by atoms with van der Waals surface area (Å²) in [6.45, 7) is 0.491. The quantitative estimate of drug-likeness (QED) is 0.714. The van der Waals surface area contributed by atoms with Gasteiger partial charge in [-0.25, -0.2) is 12.7 Å². The van der Waals surface area contributed by atoms with E-state index in [0.29, 0.717) is 12.8 Å². The minimum Gasteiger partial charge on any atom is -0.497 e. The molecule has 1 heterocycles. The first-order valence-corrected chi connectivity index (χ1v) is 10.3. The van der Waals surface area contributed by atoms with E-state index in [-0.39, 0.29) is 24.7 Å². The number of amides is 1. The second kappa shape index (κ2) is 8.83. The zero-order valence-corrected chi connectivity index (χ0v) is 16.4. The number of aliphatic hydroxyl groups is 1. The predicted octanol–water partition coefficient (Wildman–Crippen LogP) is 0.729. The van der Waals surface area contributed by atoms with Gasteiger partial charge in [-0.3, -0.25) is 4.79 Å². The number of benzene rings is 1. The Hall–Kier alpha value is -1.64. The normalized spacial score (nSPS) is 20.6. The van der Waals surface area contributed by atoms with Gasteiger partial charge in [0.05, 0.1) is 19.0 Å². The highest BCUT2D eigenvalue weighted by Gasteiger charge is 2.37. The Labute approximate surface area is 155 Å². The molecule has 2 rings (SSSR count). The molecule has 0 saturated carbocycles. The van der Waals surface area contributed by atoms with Crippen molar-refractivity contribution in [3.05, 3.63) is 29.8 Å². The number of aliphatic hydroxyl groups excluding tert-OH is 1. The first kappa shape index (κ1) is 20.7. The summed E-state index contributed by atoms with van der Waals surface area (Å²) in [4.78, 5) is 13.9. The molecule has 1 fully saturated rings. The summed E-state index contributed by atoms with van der Waals surface area (Å²) in [6, 6.07) is 7.74. The van der Waals surface area contributed by atoms with Crippen LogP contribution in [0.1, 0.15) is 18.4 Å². The second-order valence-electron chi connectivity index (χ2n) is 6.89. The maximum Gasteiger partial charge on any atom is 0.222 e. The molecule has 0 radical (unpaired) electrons. The molecule has 0 unspecified atom stereocenters. The Morgan fingerprint density at radius 3 is 2.50 bits per heavy atom. The van der Waals surface area contributed by atoms with Crippen molar-refractivity contribution in [1.29, 1.82) is 0 Å². The van der Waals surface area contributed by atoms with Gasteiger partial charge in [-0.05, 0) is 30.5 Å². The number of sulfonamides is 1. The van der Waals surface area contributed by atoms with E-state index >= 15 is 0 Å². The summed E-state index contributed by atoms with van der Waals surface area (Å²) in [5.74, 6) is 0.182. The molecule has 0 aliphatic carbocycles. The Balaban J connectivity index is 1.80.